The van der Waals surface area contributed by atoms with E-state index in [4.69, 9.17) is 4.74 Å². The first kappa shape index (κ1) is 43.2. The maximum absolute atomic E-state index is 12.6. The Balaban J connectivity index is 0.00000110. The second-order valence-electron chi connectivity index (χ2n) is 13.4. The second-order valence-corrected chi connectivity index (χ2v) is 13.4. The number of ether oxygens (including phenoxy) is 1. The maximum Gasteiger partial charge on any atom is 0.410 e. The van der Waals surface area contributed by atoms with E-state index < -0.39 is 5.60 Å². The number of nitrogens with zero attached hydrogens (tertiary/aromatic N) is 2. The Morgan fingerprint density at radius 3 is 2.17 bits per heavy atom. The molecule has 2 rings (SSSR count). The molecule has 1 aliphatic heterocycles. The molecule has 1 heterocycles. The number of amides is 1. The number of carbonyl (C=O) groups excluding carboxylic acids is 1. The van der Waals surface area contributed by atoms with Crippen molar-refractivity contribution in [2.75, 3.05) is 19.6 Å². The number of hydrogen-bond acceptors (Lipinski definition) is 3. The summed E-state index contributed by atoms with van der Waals surface area (Å²) < 4.78 is 18.1. The highest BCUT2D eigenvalue weighted by Gasteiger charge is 2.32. The molecule has 1 saturated heterocycles. The monoisotopic (exact) mass is 641 g/mol. The lowest BCUT2D eigenvalue weighted by atomic mass is 9.86. The average molecular weight is 641 g/mol. The predicted octanol–water partition coefficient (Wildman–Crippen LogP) is 12.1. The molecular formula is C41H69FN2O2. The molecule has 0 spiro atoms. The summed E-state index contributed by atoms with van der Waals surface area (Å²) in [4.78, 5) is 16.9. The first-order valence-electron chi connectivity index (χ1n) is 17.9. The third kappa shape index (κ3) is 16.7. The minimum absolute atomic E-state index is 0.0988. The van der Waals surface area contributed by atoms with Crippen molar-refractivity contribution in [3.63, 3.8) is 0 Å². The molecule has 5 heteroatoms. The van der Waals surface area contributed by atoms with Gasteiger partial charge in [-0.25, -0.2) is 9.18 Å². The van der Waals surface area contributed by atoms with Crippen LogP contribution in [0.2, 0.25) is 0 Å². The van der Waals surface area contributed by atoms with Gasteiger partial charge >= 0.3 is 6.09 Å². The highest BCUT2D eigenvalue weighted by molar-refractivity contribution is 5.68. The number of carbonyl (C=O) groups is 1. The van der Waals surface area contributed by atoms with Crippen LogP contribution < -0.4 is 0 Å². The van der Waals surface area contributed by atoms with Gasteiger partial charge in [0.1, 0.15) is 11.4 Å². The molecule has 0 aromatic heterocycles. The molecule has 262 valence electrons. The molecule has 2 unspecified atom stereocenters. The molecule has 1 aromatic carbocycles. The van der Waals surface area contributed by atoms with Gasteiger partial charge in [-0.3, -0.25) is 0 Å². The van der Waals surface area contributed by atoms with E-state index in [1.165, 1.54) is 47.7 Å². The molecule has 1 aliphatic rings. The van der Waals surface area contributed by atoms with E-state index in [-0.39, 0.29) is 18.0 Å². The second kappa shape index (κ2) is 23.5. The Kier molecular flexibility index (Phi) is 22.1. The third-order valence-corrected chi connectivity index (χ3v) is 8.08. The minimum Gasteiger partial charge on any atom is -0.444 e. The van der Waals surface area contributed by atoms with Crippen molar-refractivity contribution in [3.8, 4) is 0 Å². The van der Waals surface area contributed by atoms with Crippen molar-refractivity contribution >= 4 is 6.09 Å². The van der Waals surface area contributed by atoms with Gasteiger partial charge in [0.2, 0.25) is 0 Å². The van der Waals surface area contributed by atoms with Gasteiger partial charge in [-0.1, -0.05) is 104 Å². The molecule has 0 aliphatic carbocycles. The quantitative estimate of drug-likeness (QED) is 0.226. The van der Waals surface area contributed by atoms with Crippen LogP contribution in [-0.4, -0.2) is 47.2 Å². The van der Waals surface area contributed by atoms with E-state index in [9.17, 15) is 9.18 Å². The van der Waals surface area contributed by atoms with Crippen LogP contribution in [-0.2, 0) is 11.2 Å². The van der Waals surface area contributed by atoms with Gasteiger partial charge in [0, 0.05) is 31.4 Å². The standard InChI is InChI=1S/C27H46N2O2.C9H11F.C5H12/c1-11-14-15-16-21(5)25(24(13-3)20(4)12-2)23(7)28-17-18-29(22(6)19-28)26(30)31-27(8,9)10;1-2-4-8-5-3-6-9(10)7-8;1-3-5-4-2/h13-16,20,22H,11-12,17-19H2,1-10H3;3,5-7H,2,4H2,1H3;3-5H2,1-2H3/b15-14+,21-16-,24-13-,25-23-;;. The summed E-state index contributed by atoms with van der Waals surface area (Å²) in [5.74, 6) is 0.361. The van der Waals surface area contributed by atoms with Crippen molar-refractivity contribution in [2.45, 2.75) is 147 Å². The zero-order chi connectivity index (χ0) is 35.3. The van der Waals surface area contributed by atoms with Crippen LogP contribution in [0.15, 0.2) is 71.0 Å². The fourth-order valence-electron chi connectivity index (χ4n) is 5.40. The number of aryl methyl sites for hydroxylation is 1. The smallest absolute Gasteiger partial charge is 0.410 e. The number of rotatable bonds is 11. The molecular weight excluding hydrogens is 571 g/mol. The predicted molar refractivity (Wildman–Crippen MR) is 199 cm³/mol. The fourth-order valence-corrected chi connectivity index (χ4v) is 5.40. The van der Waals surface area contributed by atoms with Crippen LogP contribution in [0.1, 0.15) is 134 Å². The minimum atomic E-state index is -0.470. The van der Waals surface area contributed by atoms with Gasteiger partial charge < -0.3 is 14.5 Å². The van der Waals surface area contributed by atoms with E-state index in [1.807, 2.05) is 31.7 Å². The third-order valence-electron chi connectivity index (χ3n) is 8.08. The van der Waals surface area contributed by atoms with Gasteiger partial charge in [-0.15, -0.1) is 0 Å². The molecule has 1 aromatic rings. The topological polar surface area (TPSA) is 32.8 Å². The molecule has 0 bridgehead atoms. The van der Waals surface area contributed by atoms with Crippen molar-refractivity contribution in [2.24, 2.45) is 5.92 Å². The van der Waals surface area contributed by atoms with Gasteiger partial charge in [0.05, 0.1) is 0 Å². The van der Waals surface area contributed by atoms with Crippen LogP contribution >= 0.6 is 0 Å². The van der Waals surface area contributed by atoms with Crippen LogP contribution in [0.4, 0.5) is 9.18 Å². The Hall–Kier alpha value is -2.82. The lowest BCUT2D eigenvalue weighted by Crippen LogP contribution is -2.54. The molecule has 0 N–H and O–H groups in total. The fraction of sp³-hybridized carbons (Fsp3) is 0.634. The molecule has 4 nitrogen and oxygen atoms in total. The van der Waals surface area contributed by atoms with E-state index in [1.54, 1.807) is 12.1 Å². The lowest BCUT2D eigenvalue weighted by Gasteiger charge is -2.42. The zero-order valence-electron chi connectivity index (χ0n) is 31.9. The van der Waals surface area contributed by atoms with Crippen molar-refractivity contribution in [1.82, 2.24) is 9.80 Å². The van der Waals surface area contributed by atoms with Crippen molar-refractivity contribution in [3.05, 3.63) is 82.4 Å². The average Bonchev–Trinajstić information content (AvgIpc) is 2.99. The summed E-state index contributed by atoms with van der Waals surface area (Å²) in [7, 11) is 0. The van der Waals surface area contributed by atoms with E-state index in [0.717, 1.165) is 44.3 Å². The summed E-state index contributed by atoms with van der Waals surface area (Å²) in [6.07, 6.45) is 16.9. The molecule has 0 saturated carbocycles. The maximum atomic E-state index is 12.6. The number of unbranched alkanes of at least 4 members (excludes halogenated alkanes) is 2. The number of allylic oxidation sites excluding steroid dienone is 8. The molecule has 0 radical (unpaired) electrons. The first-order valence-corrected chi connectivity index (χ1v) is 17.9. The first-order chi connectivity index (χ1) is 21.7. The summed E-state index contributed by atoms with van der Waals surface area (Å²) in [5, 5.41) is 0. The Bertz CT molecular complexity index is 1120. The van der Waals surface area contributed by atoms with Gasteiger partial charge in [-0.05, 0) is 108 Å². The molecule has 1 fully saturated rings. The Morgan fingerprint density at radius 1 is 1.07 bits per heavy atom. The highest BCUT2D eigenvalue weighted by Crippen LogP contribution is 2.33. The Morgan fingerprint density at radius 2 is 1.72 bits per heavy atom. The summed E-state index contributed by atoms with van der Waals surface area (Å²) >= 11 is 0. The van der Waals surface area contributed by atoms with E-state index >= 15 is 0 Å². The number of benzene rings is 1. The summed E-state index contributed by atoms with van der Waals surface area (Å²) in [6, 6.07) is 6.86. The van der Waals surface area contributed by atoms with Crippen molar-refractivity contribution in [1.29, 1.82) is 0 Å². The van der Waals surface area contributed by atoms with Crippen LogP contribution in [0.5, 0.6) is 0 Å². The van der Waals surface area contributed by atoms with Gasteiger partial charge in [-0.2, -0.15) is 0 Å². The van der Waals surface area contributed by atoms with Crippen LogP contribution in [0.3, 0.4) is 0 Å². The SMILES string of the molecule is CCCCC.CCCc1cccc(F)c1.C\C=C(C(/C(C)=C\C=C\CC)=C(/C)N1CCN(C(=O)OC(C)(C)C)C(C)C1)\C(C)CC. The van der Waals surface area contributed by atoms with Crippen molar-refractivity contribution < 1.29 is 13.9 Å². The number of piperazine rings is 1. The van der Waals surface area contributed by atoms with E-state index in [2.05, 4.69) is 98.4 Å². The highest BCUT2D eigenvalue weighted by atomic mass is 19.1. The lowest BCUT2D eigenvalue weighted by molar-refractivity contribution is 0.00491. The van der Waals surface area contributed by atoms with Gasteiger partial charge in [0.15, 0.2) is 0 Å². The molecule has 1 amide bonds. The summed E-state index contributed by atoms with van der Waals surface area (Å²) in [6.45, 7) is 30.0. The largest absolute Gasteiger partial charge is 0.444 e. The van der Waals surface area contributed by atoms with Gasteiger partial charge in [0.25, 0.3) is 0 Å². The summed E-state index contributed by atoms with van der Waals surface area (Å²) in [5.41, 5.74) is 5.95. The zero-order valence-corrected chi connectivity index (χ0v) is 31.9. The molecule has 46 heavy (non-hydrogen) atoms. The number of halogens is 1. The van der Waals surface area contributed by atoms with Crippen LogP contribution in [0.25, 0.3) is 0 Å². The molecule has 2 atom stereocenters. The van der Waals surface area contributed by atoms with Crippen LogP contribution in [0, 0.1) is 11.7 Å². The Labute approximate surface area is 283 Å². The normalized spacial score (nSPS) is 17.0. The number of hydrogen-bond donors (Lipinski definition) is 0. The van der Waals surface area contributed by atoms with E-state index in [0.29, 0.717) is 12.5 Å².